The Morgan fingerprint density at radius 1 is 1.08 bits per heavy atom. The first-order valence-corrected chi connectivity index (χ1v) is 7.03. The summed E-state index contributed by atoms with van der Waals surface area (Å²) in [5.41, 5.74) is 4.64. The molecule has 0 spiro atoms. The summed E-state index contributed by atoms with van der Waals surface area (Å²) in [7, 11) is 0. The molecule has 0 unspecified atom stereocenters. The van der Waals surface area contributed by atoms with Crippen molar-refractivity contribution in [2.24, 2.45) is 11.7 Å². The molecule has 1 atom stereocenters. The van der Waals surface area contributed by atoms with Gasteiger partial charge in [-0.2, -0.15) is 5.48 Å². The predicted octanol–water partition coefficient (Wildman–Crippen LogP) is 0.384. The van der Waals surface area contributed by atoms with Crippen molar-refractivity contribution in [3.63, 3.8) is 0 Å². The maximum Gasteiger partial charge on any atom is 0.354 e. The van der Waals surface area contributed by atoms with Crippen molar-refractivity contribution in [3.05, 3.63) is 44.0 Å². The van der Waals surface area contributed by atoms with Crippen LogP contribution in [0.1, 0.15) is 24.2 Å². The Morgan fingerprint density at radius 2 is 1.58 bits per heavy atom. The van der Waals surface area contributed by atoms with E-state index >= 15 is 0 Å². The number of nitro groups is 2. The summed E-state index contributed by atoms with van der Waals surface area (Å²) >= 11 is 0. The minimum absolute atomic E-state index is 0.396. The van der Waals surface area contributed by atoms with E-state index in [1.807, 2.05) is 0 Å². The van der Waals surface area contributed by atoms with Gasteiger partial charge >= 0.3 is 12.0 Å². The molecule has 0 saturated carbocycles. The van der Waals surface area contributed by atoms with Gasteiger partial charge < -0.3 is 15.9 Å². The van der Waals surface area contributed by atoms with Crippen LogP contribution in [0.5, 0.6) is 0 Å². The maximum atomic E-state index is 12.3. The van der Waals surface area contributed by atoms with Crippen molar-refractivity contribution >= 4 is 29.3 Å². The second kappa shape index (κ2) is 8.36. The number of benzene rings is 1. The van der Waals surface area contributed by atoms with E-state index in [1.54, 1.807) is 19.3 Å². The van der Waals surface area contributed by atoms with Gasteiger partial charge in [0.05, 0.1) is 21.5 Å². The lowest BCUT2D eigenvalue weighted by Gasteiger charge is -2.20. The molecule has 1 aromatic carbocycles. The maximum absolute atomic E-state index is 12.3. The summed E-state index contributed by atoms with van der Waals surface area (Å²) in [6.07, 6.45) is 0. The normalized spacial score (nSPS) is 11.3. The number of carbonyl (C=O) groups is 3. The fourth-order valence-corrected chi connectivity index (χ4v) is 1.82. The molecular weight excluding hydrogens is 354 g/mol. The molecule has 1 rings (SSSR count). The molecule has 4 N–H and O–H groups in total. The van der Waals surface area contributed by atoms with E-state index in [-0.39, 0.29) is 0 Å². The van der Waals surface area contributed by atoms with E-state index in [1.165, 1.54) is 0 Å². The van der Waals surface area contributed by atoms with Crippen LogP contribution in [-0.4, -0.2) is 33.8 Å². The number of amides is 3. The fraction of sp³-hybridized carbons (Fsp3) is 0.308. The lowest BCUT2D eigenvalue weighted by Crippen LogP contribution is -2.47. The largest absolute Gasteiger partial charge is 0.354 e. The minimum Gasteiger partial charge on any atom is -0.349 e. The highest BCUT2D eigenvalue weighted by molar-refractivity contribution is 5.98. The molecule has 0 fully saturated rings. The summed E-state index contributed by atoms with van der Waals surface area (Å²) in [6.45, 7) is 3.10. The van der Waals surface area contributed by atoms with E-state index in [2.05, 4.69) is 10.2 Å². The molecule has 140 valence electrons. The number of non-ortho nitro benzene ring substituents is 2. The lowest BCUT2D eigenvalue weighted by atomic mass is 10.0. The molecule has 26 heavy (non-hydrogen) atoms. The van der Waals surface area contributed by atoms with Gasteiger partial charge in [0.1, 0.15) is 6.04 Å². The number of hydrogen-bond acceptors (Lipinski definition) is 8. The molecule has 0 aromatic heterocycles. The fourth-order valence-electron chi connectivity index (χ4n) is 1.82. The number of nitrogens with one attached hydrogen (secondary N) is 2. The molecule has 3 amide bonds. The van der Waals surface area contributed by atoms with Crippen LogP contribution in [0, 0.1) is 26.1 Å². The molecule has 0 radical (unpaired) electrons. The number of urea groups is 1. The molecular formula is C13H15N5O8. The Bertz CT molecular complexity index is 731. The number of primary amides is 1. The first-order chi connectivity index (χ1) is 12.0. The number of nitrogens with two attached hydrogens (primary N) is 1. The van der Waals surface area contributed by atoms with Crippen LogP contribution in [0.25, 0.3) is 0 Å². The Labute approximate surface area is 145 Å². The standard InChI is InChI=1S/C13H15N5O8/c1-6(2)10(12(20)26-16-13(14)21)15-11(19)7-3-8(17(22)23)5-9(4-7)18(24)25/h3-6,10H,1-2H3,(H,15,19)(H3,14,16,21)/t10-/m0/s1. The van der Waals surface area contributed by atoms with E-state index < -0.39 is 56.7 Å². The van der Waals surface area contributed by atoms with Crippen LogP contribution in [0.2, 0.25) is 0 Å². The monoisotopic (exact) mass is 369 g/mol. The summed E-state index contributed by atoms with van der Waals surface area (Å²) in [4.78, 5) is 59.1. The van der Waals surface area contributed by atoms with Crippen molar-refractivity contribution < 1.29 is 29.1 Å². The van der Waals surface area contributed by atoms with Gasteiger partial charge in [-0.1, -0.05) is 13.8 Å². The highest BCUT2D eigenvalue weighted by atomic mass is 16.7. The van der Waals surface area contributed by atoms with Crippen molar-refractivity contribution in [1.29, 1.82) is 0 Å². The Balaban J connectivity index is 3.09. The number of hydroxylamine groups is 1. The number of nitrogens with zero attached hydrogens (tertiary/aromatic N) is 2. The topological polar surface area (TPSA) is 197 Å². The van der Waals surface area contributed by atoms with Crippen LogP contribution in [0.3, 0.4) is 0 Å². The molecule has 0 aliphatic heterocycles. The van der Waals surface area contributed by atoms with Crippen LogP contribution in [0.15, 0.2) is 18.2 Å². The molecule has 0 aliphatic carbocycles. The van der Waals surface area contributed by atoms with Crippen LogP contribution < -0.4 is 16.5 Å². The first-order valence-electron chi connectivity index (χ1n) is 7.03. The van der Waals surface area contributed by atoms with Gasteiger partial charge in [-0.25, -0.2) is 9.59 Å². The van der Waals surface area contributed by atoms with Gasteiger partial charge in [0, 0.05) is 12.1 Å². The molecule has 0 heterocycles. The Hall–Kier alpha value is -3.77. The zero-order valence-corrected chi connectivity index (χ0v) is 13.6. The van der Waals surface area contributed by atoms with Crippen molar-refractivity contribution in [1.82, 2.24) is 10.8 Å². The smallest absolute Gasteiger partial charge is 0.349 e. The van der Waals surface area contributed by atoms with Gasteiger partial charge in [0.2, 0.25) is 0 Å². The van der Waals surface area contributed by atoms with Gasteiger partial charge in [-0.15, -0.1) is 0 Å². The second-order valence-corrected chi connectivity index (χ2v) is 5.33. The van der Waals surface area contributed by atoms with Gasteiger partial charge in [0.25, 0.3) is 17.3 Å². The summed E-state index contributed by atoms with van der Waals surface area (Å²) < 4.78 is 0. The molecule has 0 bridgehead atoms. The van der Waals surface area contributed by atoms with Crippen molar-refractivity contribution in [3.8, 4) is 0 Å². The van der Waals surface area contributed by atoms with Gasteiger partial charge in [-0.3, -0.25) is 25.0 Å². The lowest BCUT2D eigenvalue weighted by molar-refractivity contribution is -0.394. The third-order valence-electron chi connectivity index (χ3n) is 3.05. The zero-order valence-electron chi connectivity index (χ0n) is 13.6. The minimum atomic E-state index is -1.26. The summed E-state index contributed by atoms with van der Waals surface area (Å²) in [5.74, 6) is -2.53. The van der Waals surface area contributed by atoms with Crippen LogP contribution in [0.4, 0.5) is 16.2 Å². The van der Waals surface area contributed by atoms with Crippen LogP contribution in [-0.2, 0) is 9.63 Å². The average Bonchev–Trinajstić information content (AvgIpc) is 2.56. The summed E-state index contributed by atoms with van der Waals surface area (Å²) in [6, 6.07) is -0.0459. The third kappa shape index (κ3) is 5.40. The van der Waals surface area contributed by atoms with E-state index in [4.69, 9.17) is 5.73 Å². The number of nitro benzene ring substituents is 2. The van der Waals surface area contributed by atoms with Gasteiger partial charge in [-0.05, 0) is 5.92 Å². The number of rotatable bonds is 6. The highest BCUT2D eigenvalue weighted by Crippen LogP contribution is 2.23. The quantitative estimate of drug-likeness (QED) is 0.472. The Morgan fingerprint density at radius 3 is 1.96 bits per heavy atom. The molecule has 13 heteroatoms. The van der Waals surface area contributed by atoms with Gasteiger partial charge in [0.15, 0.2) is 0 Å². The van der Waals surface area contributed by atoms with E-state index in [9.17, 15) is 34.6 Å². The summed E-state index contributed by atoms with van der Waals surface area (Å²) in [5, 5.41) is 24.0. The molecule has 0 aliphatic rings. The predicted molar refractivity (Wildman–Crippen MR) is 84.7 cm³/mol. The zero-order chi connectivity index (χ0) is 20.0. The second-order valence-electron chi connectivity index (χ2n) is 5.33. The Kier molecular flexibility index (Phi) is 6.52. The van der Waals surface area contributed by atoms with Crippen molar-refractivity contribution in [2.75, 3.05) is 0 Å². The third-order valence-corrected chi connectivity index (χ3v) is 3.05. The van der Waals surface area contributed by atoms with E-state index in [0.29, 0.717) is 6.07 Å². The van der Waals surface area contributed by atoms with Crippen LogP contribution >= 0.6 is 0 Å². The average molecular weight is 369 g/mol. The number of carbonyl (C=O) groups excluding carboxylic acids is 3. The SMILES string of the molecule is CC(C)[C@H](NC(=O)c1cc([N+](=O)[O-])cc([N+](=O)[O-])c1)C(=O)ONC(N)=O. The molecule has 13 nitrogen and oxygen atoms in total. The molecule has 0 saturated heterocycles. The number of hydrogen-bond donors (Lipinski definition) is 3. The molecule has 1 aromatic rings. The first kappa shape index (κ1) is 20.3. The van der Waals surface area contributed by atoms with Crippen molar-refractivity contribution in [2.45, 2.75) is 19.9 Å². The highest BCUT2D eigenvalue weighted by Gasteiger charge is 2.28. The van der Waals surface area contributed by atoms with E-state index in [0.717, 1.165) is 12.1 Å².